The van der Waals surface area contributed by atoms with Crippen molar-refractivity contribution < 1.29 is 14.5 Å². The molecular formula is C20H17ClN2O4. The van der Waals surface area contributed by atoms with E-state index in [1.165, 1.54) is 23.1 Å². The summed E-state index contributed by atoms with van der Waals surface area (Å²) in [6, 6.07) is 15.6. The Morgan fingerprint density at radius 1 is 1.11 bits per heavy atom. The highest BCUT2D eigenvalue weighted by atomic mass is 35.5. The topological polar surface area (TPSA) is 72.7 Å². The number of carbonyl (C=O) groups is 1. The standard InChI is InChI=1S/C20H17ClN2O4/c1-22(20(24)18-8-6-16(21)11-19(18)23(25)26)12-13-3-4-15-10-17(27-2)7-5-14(15)9-13/h3-11H,12H2,1-2H3. The number of rotatable bonds is 5. The zero-order valence-electron chi connectivity index (χ0n) is 14.8. The second kappa shape index (κ2) is 7.63. The summed E-state index contributed by atoms with van der Waals surface area (Å²) in [4.78, 5) is 24.8. The molecular weight excluding hydrogens is 368 g/mol. The van der Waals surface area contributed by atoms with E-state index in [0.717, 1.165) is 22.1 Å². The van der Waals surface area contributed by atoms with Crippen LogP contribution in [0.25, 0.3) is 10.8 Å². The van der Waals surface area contributed by atoms with Gasteiger partial charge in [0.25, 0.3) is 11.6 Å². The van der Waals surface area contributed by atoms with Gasteiger partial charge in [-0.2, -0.15) is 0 Å². The van der Waals surface area contributed by atoms with Crippen LogP contribution < -0.4 is 4.74 Å². The fourth-order valence-corrected chi connectivity index (χ4v) is 3.05. The maximum absolute atomic E-state index is 12.7. The lowest BCUT2D eigenvalue weighted by Crippen LogP contribution is -2.26. The molecule has 0 aliphatic heterocycles. The highest BCUT2D eigenvalue weighted by Crippen LogP contribution is 2.26. The first-order valence-corrected chi connectivity index (χ1v) is 8.53. The number of hydrogen-bond donors (Lipinski definition) is 0. The van der Waals surface area contributed by atoms with Gasteiger partial charge in [-0.25, -0.2) is 0 Å². The van der Waals surface area contributed by atoms with Crippen molar-refractivity contribution in [2.45, 2.75) is 6.54 Å². The Balaban J connectivity index is 1.85. The molecule has 1 amide bonds. The van der Waals surface area contributed by atoms with E-state index in [9.17, 15) is 14.9 Å². The van der Waals surface area contributed by atoms with Gasteiger partial charge in [-0.1, -0.05) is 29.8 Å². The summed E-state index contributed by atoms with van der Waals surface area (Å²) in [5, 5.41) is 13.5. The molecule has 0 spiro atoms. The smallest absolute Gasteiger partial charge is 0.283 e. The minimum absolute atomic E-state index is 0.0115. The molecule has 0 aliphatic rings. The summed E-state index contributed by atoms with van der Waals surface area (Å²) in [5.74, 6) is 0.339. The Hall–Kier alpha value is -3.12. The summed E-state index contributed by atoms with van der Waals surface area (Å²) in [6.45, 7) is 0.320. The first-order valence-electron chi connectivity index (χ1n) is 8.15. The predicted octanol–water partition coefficient (Wildman–Crippen LogP) is 4.68. The van der Waals surface area contributed by atoms with E-state index in [0.29, 0.717) is 6.54 Å². The Labute approximate surface area is 161 Å². The predicted molar refractivity (Wildman–Crippen MR) is 104 cm³/mol. The lowest BCUT2D eigenvalue weighted by Gasteiger charge is -2.18. The van der Waals surface area contributed by atoms with Crippen LogP contribution in [0.4, 0.5) is 5.69 Å². The number of nitrogens with zero attached hydrogens (tertiary/aromatic N) is 2. The number of methoxy groups -OCH3 is 1. The molecule has 3 aromatic carbocycles. The number of halogens is 1. The molecule has 3 aromatic rings. The van der Waals surface area contributed by atoms with Gasteiger partial charge >= 0.3 is 0 Å². The molecule has 0 fully saturated rings. The largest absolute Gasteiger partial charge is 0.497 e. The van der Waals surface area contributed by atoms with Crippen molar-refractivity contribution in [1.29, 1.82) is 0 Å². The molecule has 7 heteroatoms. The molecule has 0 unspecified atom stereocenters. The number of fused-ring (bicyclic) bond motifs is 1. The third kappa shape index (κ3) is 4.01. The van der Waals surface area contributed by atoms with Crippen LogP contribution in [0.2, 0.25) is 5.02 Å². The highest BCUT2D eigenvalue weighted by molar-refractivity contribution is 6.31. The van der Waals surface area contributed by atoms with E-state index < -0.39 is 10.8 Å². The summed E-state index contributed by atoms with van der Waals surface area (Å²) in [6.07, 6.45) is 0. The highest BCUT2D eigenvalue weighted by Gasteiger charge is 2.23. The van der Waals surface area contributed by atoms with Crippen LogP contribution in [0, 0.1) is 10.1 Å². The quantitative estimate of drug-likeness (QED) is 0.473. The molecule has 0 N–H and O–H groups in total. The van der Waals surface area contributed by atoms with Gasteiger partial charge in [0.2, 0.25) is 0 Å². The summed E-state index contributed by atoms with van der Waals surface area (Å²) in [7, 11) is 3.23. The van der Waals surface area contributed by atoms with Gasteiger partial charge < -0.3 is 9.64 Å². The van der Waals surface area contributed by atoms with E-state index in [2.05, 4.69) is 0 Å². The Bertz CT molecular complexity index is 1040. The fourth-order valence-electron chi connectivity index (χ4n) is 2.89. The number of nitro groups is 1. The van der Waals surface area contributed by atoms with E-state index in [-0.39, 0.29) is 16.3 Å². The number of nitro benzene ring substituents is 1. The number of hydrogen-bond acceptors (Lipinski definition) is 4. The van der Waals surface area contributed by atoms with Crippen molar-refractivity contribution in [3.05, 3.63) is 80.9 Å². The number of benzene rings is 3. The minimum Gasteiger partial charge on any atom is -0.497 e. The molecule has 6 nitrogen and oxygen atoms in total. The summed E-state index contributed by atoms with van der Waals surface area (Å²) in [5.41, 5.74) is 0.627. The fraction of sp³-hybridized carbons (Fsp3) is 0.150. The van der Waals surface area contributed by atoms with E-state index in [4.69, 9.17) is 16.3 Å². The average Bonchev–Trinajstić information content (AvgIpc) is 2.66. The van der Waals surface area contributed by atoms with Crippen LogP contribution in [0.5, 0.6) is 5.75 Å². The normalized spacial score (nSPS) is 10.6. The van der Waals surface area contributed by atoms with Crippen LogP contribution in [0.15, 0.2) is 54.6 Å². The number of carbonyl (C=O) groups excluding carboxylic acids is 1. The maximum Gasteiger partial charge on any atom is 0.283 e. The van der Waals surface area contributed by atoms with Gasteiger partial charge in [0, 0.05) is 24.7 Å². The van der Waals surface area contributed by atoms with E-state index in [1.807, 2.05) is 36.4 Å². The third-order valence-corrected chi connectivity index (χ3v) is 4.50. The van der Waals surface area contributed by atoms with Crippen LogP contribution in [-0.2, 0) is 6.54 Å². The molecule has 0 atom stereocenters. The second-order valence-electron chi connectivity index (χ2n) is 6.13. The van der Waals surface area contributed by atoms with Crippen molar-refractivity contribution in [3.8, 4) is 5.75 Å². The first kappa shape index (κ1) is 18.7. The van der Waals surface area contributed by atoms with Gasteiger partial charge in [0.15, 0.2) is 0 Å². The zero-order valence-corrected chi connectivity index (χ0v) is 15.6. The molecule has 0 saturated carbocycles. The zero-order chi connectivity index (χ0) is 19.6. The molecule has 0 bridgehead atoms. The summed E-state index contributed by atoms with van der Waals surface area (Å²) >= 11 is 5.81. The Morgan fingerprint density at radius 2 is 1.81 bits per heavy atom. The van der Waals surface area contributed by atoms with Gasteiger partial charge in [-0.3, -0.25) is 14.9 Å². The van der Waals surface area contributed by atoms with Crippen molar-refractivity contribution in [1.82, 2.24) is 4.90 Å². The number of ether oxygens (including phenoxy) is 1. The van der Waals surface area contributed by atoms with Gasteiger partial charge in [-0.05, 0) is 46.7 Å². The van der Waals surface area contributed by atoms with Crippen molar-refractivity contribution in [2.24, 2.45) is 0 Å². The van der Waals surface area contributed by atoms with E-state index >= 15 is 0 Å². The molecule has 0 heterocycles. The first-order chi connectivity index (χ1) is 12.9. The van der Waals surface area contributed by atoms with E-state index in [1.54, 1.807) is 14.2 Å². The average molecular weight is 385 g/mol. The lowest BCUT2D eigenvalue weighted by molar-refractivity contribution is -0.385. The SMILES string of the molecule is COc1ccc2cc(CN(C)C(=O)c3ccc(Cl)cc3[N+](=O)[O-])ccc2c1. The maximum atomic E-state index is 12.7. The van der Waals surface area contributed by atoms with Crippen LogP contribution in [-0.4, -0.2) is 29.9 Å². The number of amides is 1. The van der Waals surface area contributed by atoms with Gasteiger partial charge in [0.1, 0.15) is 11.3 Å². The molecule has 0 aliphatic carbocycles. The molecule has 0 aromatic heterocycles. The summed E-state index contributed by atoms with van der Waals surface area (Å²) < 4.78 is 5.22. The van der Waals surface area contributed by atoms with Gasteiger partial charge in [0.05, 0.1) is 12.0 Å². The van der Waals surface area contributed by atoms with Crippen molar-refractivity contribution >= 4 is 34.0 Å². The second-order valence-corrected chi connectivity index (χ2v) is 6.56. The molecule has 0 saturated heterocycles. The Kier molecular flexibility index (Phi) is 5.28. The van der Waals surface area contributed by atoms with Crippen molar-refractivity contribution in [2.75, 3.05) is 14.2 Å². The monoisotopic (exact) mass is 384 g/mol. The molecule has 0 radical (unpaired) electrons. The minimum atomic E-state index is -0.601. The van der Waals surface area contributed by atoms with Crippen LogP contribution in [0.1, 0.15) is 15.9 Å². The lowest BCUT2D eigenvalue weighted by atomic mass is 10.1. The molecule has 138 valence electrons. The third-order valence-electron chi connectivity index (χ3n) is 4.27. The van der Waals surface area contributed by atoms with Crippen LogP contribution in [0.3, 0.4) is 0 Å². The van der Waals surface area contributed by atoms with Crippen LogP contribution >= 0.6 is 11.6 Å². The Morgan fingerprint density at radius 3 is 2.52 bits per heavy atom. The molecule has 3 rings (SSSR count). The van der Waals surface area contributed by atoms with Crippen molar-refractivity contribution in [3.63, 3.8) is 0 Å². The molecule has 27 heavy (non-hydrogen) atoms. The van der Waals surface area contributed by atoms with Gasteiger partial charge in [-0.15, -0.1) is 0 Å².